The van der Waals surface area contributed by atoms with E-state index in [0.29, 0.717) is 50.5 Å². The van der Waals surface area contributed by atoms with E-state index in [1.807, 2.05) is 13.8 Å². The molecule has 0 radical (unpaired) electrons. The van der Waals surface area contributed by atoms with Crippen LogP contribution in [0.4, 0.5) is 0 Å². The van der Waals surface area contributed by atoms with Gasteiger partial charge < -0.3 is 128 Å². The maximum Gasteiger partial charge on any atom is 0.303 e. The Kier molecular flexibility index (Phi) is 49.5. The molecule has 17 atom stereocenters. The predicted octanol–water partition coefficient (Wildman–Crippen LogP) is -3.13. The second kappa shape index (κ2) is 58.9. The summed E-state index contributed by atoms with van der Waals surface area (Å²) in [6, 6.07) is -15.5. The van der Waals surface area contributed by atoms with Crippen molar-refractivity contribution >= 4 is 152 Å². The fourth-order valence-corrected chi connectivity index (χ4v) is 19.7. The van der Waals surface area contributed by atoms with Crippen LogP contribution < -0.4 is 97.8 Å². The molecule has 5 aliphatic rings. The number of carbonyl (C=O) groups is 19. The minimum absolute atomic E-state index is 0.000567. The number of nitrogens with one attached hydrogen (secondary N) is 13. The second-order valence-corrected chi connectivity index (χ2v) is 40.2. The van der Waals surface area contributed by atoms with E-state index in [0.717, 1.165) is 21.6 Å². The van der Waals surface area contributed by atoms with Crippen LogP contribution in [0.5, 0.6) is 0 Å². The molecule has 1 aromatic carbocycles. The summed E-state index contributed by atoms with van der Waals surface area (Å²) in [5, 5.41) is 55.6. The van der Waals surface area contributed by atoms with E-state index in [2.05, 4.69) is 74.1 Å². The van der Waals surface area contributed by atoms with Crippen LogP contribution in [0.2, 0.25) is 0 Å². The zero-order chi connectivity index (χ0) is 101. The van der Waals surface area contributed by atoms with Gasteiger partial charge in [-0.05, 0) is 197 Å². The molecular formula is C90H147N23O21S3. The smallest absolute Gasteiger partial charge is 0.303 e. The molecule has 0 spiro atoms. The van der Waals surface area contributed by atoms with Gasteiger partial charge in [0.25, 0.3) is 0 Å². The molecule has 0 aliphatic carbocycles. The first-order chi connectivity index (χ1) is 65.1. The average Bonchev–Trinajstić information content (AvgIpc) is 1.66. The van der Waals surface area contributed by atoms with Crippen molar-refractivity contribution in [3.8, 4) is 0 Å². The first kappa shape index (κ1) is 115. The Morgan fingerprint density at radius 3 is 1.67 bits per heavy atom. The normalized spacial score (nSPS) is 24.4. The Labute approximate surface area is 812 Å². The van der Waals surface area contributed by atoms with Crippen molar-refractivity contribution in [2.45, 2.75) is 312 Å². The van der Waals surface area contributed by atoms with Gasteiger partial charge in [0.1, 0.15) is 103 Å². The molecule has 5 fully saturated rings. The van der Waals surface area contributed by atoms with Gasteiger partial charge in [0.05, 0.1) is 6.61 Å². The zero-order valence-electron chi connectivity index (χ0n) is 80.2. The number of benzene rings is 1. The Balaban J connectivity index is 1.49. The lowest BCUT2D eigenvalue weighted by Crippen LogP contribution is -2.61. The van der Waals surface area contributed by atoms with Crippen molar-refractivity contribution in [2.75, 3.05) is 75.9 Å². The van der Waals surface area contributed by atoms with Gasteiger partial charge in [-0.1, -0.05) is 93.5 Å². The van der Waals surface area contributed by atoms with Crippen molar-refractivity contribution < 1.29 is 101 Å². The number of aliphatic imine (C=N–C) groups is 1. The molecule has 0 bridgehead atoms. The molecule has 5 aliphatic heterocycles. The van der Waals surface area contributed by atoms with E-state index in [-0.39, 0.29) is 184 Å². The van der Waals surface area contributed by atoms with Crippen LogP contribution in [-0.2, 0) is 97.5 Å². The third kappa shape index (κ3) is 37.2. The summed E-state index contributed by atoms with van der Waals surface area (Å²) in [6.07, 6.45) is 3.55. The number of carboxylic acids is 1. The molecule has 25 N–H and O–H groups in total. The summed E-state index contributed by atoms with van der Waals surface area (Å²) >= 11 is 1.33. The molecule has 44 nitrogen and oxygen atoms in total. The minimum atomic E-state index is -1.83. The Bertz CT molecular complexity index is 4310. The Morgan fingerprint density at radius 1 is 0.533 bits per heavy atom. The van der Waals surface area contributed by atoms with E-state index >= 15 is 38.4 Å². The number of nitrogens with zero attached hydrogens (tertiary/aromatic N) is 5. The monoisotopic (exact) mass is 1980 g/mol. The van der Waals surface area contributed by atoms with E-state index in [4.69, 9.17) is 28.7 Å². The molecule has 766 valence electrons. The lowest BCUT2D eigenvalue weighted by Gasteiger charge is -2.33. The van der Waals surface area contributed by atoms with Gasteiger partial charge in [0.2, 0.25) is 106 Å². The molecule has 0 unspecified atom stereocenters. The number of carboxylic acid groups (broad SMARTS) is 1. The number of carbonyl (C=O) groups excluding carboxylic acids is 18. The fraction of sp³-hybridized carbons (Fsp3) is 0.711. The molecule has 18 amide bonds. The summed E-state index contributed by atoms with van der Waals surface area (Å²) in [7, 11) is 1.97. The molecule has 47 heteroatoms. The largest absolute Gasteiger partial charge is 0.481 e. The van der Waals surface area contributed by atoms with Crippen LogP contribution in [0.1, 0.15) is 209 Å². The minimum Gasteiger partial charge on any atom is -0.481 e. The number of hydrogen-bond acceptors (Lipinski definition) is 26. The number of primary amides is 1. The van der Waals surface area contributed by atoms with Crippen molar-refractivity contribution in [1.82, 2.24) is 88.7 Å². The number of likely N-dealkylation sites (tertiary alicyclic amines) is 3. The Hall–Kier alpha value is -10.6. The first-order valence-corrected chi connectivity index (χ1v) is 51.5. The van der Waals surface area contributed by atoms with Crippen LogP contribution >= 0.6 is 33.3 Å². The Morgan fingerprint density at radius 2 is 1.08 bits per heavy atom. The molecule has 5 heterocycles. The van der Waals surface area contributed by atoms with E-state index in [1.54, 1.807) is 64.3 Å². The van der Waals surface area contributed by atoms with Gasteiger partial charge in [-0.3, -0.25) is 96.1 Å². The summed E-state index contributed by atoms with van der Waals surface area (Å²) in [5.74, 6) is -17.4. The number of amides is 18. The topological polar surface area (TPSA) is 677 Å². The van der Waals surface area contributed by atoms with Gasteiger partial charge in [-0.25, -0.2) is 0 Å². The number of guanidine groups is 1. The molecule has 0 saturated carbocycles. The van der Waals surface area contributed by atoms with Crippen molar-refractivity contribution in [1.29, 1.82) is 0 Å². The highest BCUT2D eigenvalue weighted by molar-refractivity contribution is 8.76. The van der Waals surface area contributed by atoms with Crippen LogP contribution in [-0.4, -0.2) is 327 Å². The van der Waals surface area contributed by atoms with Crippen LogP contribution in [0.25, 0.3) is 0 Å². The summed E-state index contributed by atoms with van der Waals surface area (Å²) in [5.41, 5.74) is 29.4. The number of thioether (sulfide) groups is 1. The number of aliphatic hydroxyl groups excluding tert-OH is 1. The quantitative estimate of drug-likeness (QED) is 0.0134. The van der Waals surface area contributed by atoms with Crippen molar-refractivity contribution in [2.24, 2.45) is 51.4 Å². The third-order valence-corrected chi connectivity index (χ3v) is 27.5. The molecular weight excluding hydrogens is 1840 g/mol. The summed E-state index contributed by atoms with van der Waals surface area (Å²) in [6.45, 7) is 12.8. The number of aliphatic carboxylic acids is 1. The number of aliphatic hydroxyl groups is 1. The summed E-state index contributed by atoms with van der Waals surface area (Å²) in [4.78, 5) is 284. The number of rotatable bonds is 40. The highest BCUT2D eigenvalue weighted by atomic mass is 33.1. The number of fused-ring (bicyclic) bond motifs is 1. The van der Waals surface area contributed by atoms with Crippen molar-refractivity contribution in [3.63, 3.8) is 0 Å². The lowest BCUT2D eigenvalue weighted by molar-refractivity contribution is -0.148. The summed E-state index contributed by atoms with van der Waals surface area (Å²) < 4.78 is 0. The number of nitrogens with two attached hydrogens (primary N) is 5. The van der Waals surface area contributed by atoms with Gasteiger partial charge in [0.15, 0.2) is 5.96 Å². The van der Waals surface area contributed by atoms with Crippen LogP contribution in [0.3, 0.4) is 0 Å². The van der Waals surface area contributed by atoms with E-state index in [9.17, 15) is 63.0 Å². The highest BCUT2D eigenvalue weighted by Crippen LogP contribution is 2.30. The van der Waals surface area contributed by atoms with Gasteiger partial charge in [-0.15, -0.1) is 0 Å². The zero-order valence-corrected chi connectivity index (χ0v) is 82.6. The van der Waals surface area contributed by atoms with Crippen LogP contribution in [0.15, 0.2) is 35.3 Å². The van der Waals surface area contributed by atoms with E-state index in [1.165, 1.54) is 45.2 Å². The fourth-order valence-electron chi connectivity index (χ4n) is 16.9. The molecule has 0 aromatic heterocycles. The maximum absolute atomic E-state index is 15.6. The first-order valence-electron chi connectivity index (χ1n) is 47.6. The van der Waals surface area contributed by atoms with Gasteiger partial charge in [0, 0.05) is 64.0 Å². The molecule has 1 aromatic rings. The maximum atomic E-state index is 15.6. The lowest BCUT2D eigenvalue weighted by atomic mass is 10.00. The van der Waals surface area contributed by atoms with Crippen molar-refractivity contribution in [3.05, 3.63) is 35.9 Å². The standard InChI is InChI=1S/C90H147N23O21S3/c1-50(2)31-32-62-87(132)110-40-18-27-67(110)83(128)97-53(7)74(119)108-65(48-114)81(126)107-64(47-55-22-11-10-12-23-55)80(125)109-66(82(127)104-61(25-14-16-38-92)86(131)113-43-21-30-70(113)88(133)111-41-19-28-68(111)84(129)99-56(73(93)118)33-34-71(116)117)49-137-136-45-36-60(102-77(122)59(35-44-135-9)103-85(130)69-29-20-42-112(69)89(134)72(52(5)6)98-54(8)115)78(123)106-63(46-51(3)4)79(124)101-58(26-17-39-96-90(94)95)75(120)100-57(76(121)105-62)24-13-15-37-91/h10-12,22-23,50-53,56-70,72,114H,13-21,24-49,91-92H2,1-9H3,(H2,93,118)(H,97,128)(H,98,115)(H,99,129)(H,100,120)(H,101,124)(H,102,122)(H,103,130)(H,104,127)(H,105,121)(H,106,123)(H,107,126)(H,108,119)(H,109,125)(H,116,117)(H4,94,95,96)/t53-,56-,57-,58-,59-,60-,61-,62-,63-,64-,65-,66-,67-,68-,69-,70-,72-/m0/s1. The van der Waals surface area contributed by atoms with E-state index < -0.39 is 234 Å². The number of hydrogen-bond donors (Lipinski definition) is 20. The highest BCUT2D eigenvalue weighted by Gasteiger charge is 2.47. The number of unbranched alkanes of at least 4 members (excludes halogenated alkanes) is 2. The third-order valence-electron chi connectivity index (χ3n) is 24.4. The van der Waals surface area contributed by atoms with Crippen LogP contribution in [0, 0.1) is 17.8 Å². The molecule has 5 saturated heterocycles. The van der Waals surface area contributed by atoms with Gasteiger partial charge >= 0.3 is 5.97 Å². The molecule has 137 heavy (non-hydrogen) atoms. The SMILES string of the molecule is CSCC[C@H](NC(=O)[C@@H]1CCCN1C(=O)[C@@H](NC(C)=O)C(C)C)C(=O)N[C@H]1CCSSC[C@@H](C(=O)N[C@@H](CCCCN)C(=O)N2CCC[C@H]2C(=O)N2CCC[C@H]2C(=O)N[C@@H](CCC(=O)O)C(N)=O)NC(=O)[C@H](Cc2ccccc2)NC(=O)[C@H](CO)NC(=O)[C@H](C)NC(=O)[C@@H]2CCCN2C(=O)[C@H](CCC(C)C)NC(=O)[C@H](CCCCN)NC(=O)[C@H](CCCN=C(N)N)NC(=O)[C@H](CC(C)C)NC1=O. The molecule has 6 rings (SSSR count). The predicted molar refractivity (Wildman–Crippen MR) is 515 cm³/mol. The van der Waals surface area contributed by atoms with Gasteiger partial charge in [-0.2, -0.15) is 11.8 Å². The second-order valence-electron chi connectivity index (χ2n) is 36.6. The average molecular weight is 1980 g/mol.